The maximum absolute atomic E-state index is 14.2. The zero-order valence-electron chi connectivity index (χ0n) is 23.6. The fourth-order valence-electron chi connectivity index (χ4n) is 5.10. The van der Waals surface area contributed by atoms with E-state index in [1.807, 2.05) is 19.1 Å². The third-order valence-electron chi connectivity index (χ3n) is 7.40. The predicted molar refractivity (Wildman–Crippen MR) is 165 cm³/mol. The minimum Gasteiger partial charge on any atom is -0.497 e. The van der Waals surface area contributed by atoms with Crippen molar-refractivity contribution in [2.75, 3.05) is 18.0 Å². The van der Waals surface area contributed by atoms with Crippen molar-refractivity contribution < 1.29 is 22.7 Å². The first-order valence-corrected chi connectivity index (χ1v) is 16.1. The number of methoxy groups -OCH3 is 1. The smallest absolute Gasteiger partial charge is 0.264 e. The van der Waals surface area contributed by atoms with Crippen molar-refractivity contribution in [3.8, 4) is 5.75 Å². The van der Waals surface area contributed by atoms with Gasteiger partial charge in [0.25, 0.3) is 10.0 Å². The van der Waals surface area contributed by atoms with Crippen molar-refractivity contribution in [3.63, 3.8) is 0 Å². The lowest BCUT2D eigenvalue weighted by Crippen LogP contribution is -2.53. The largest absolute Gasteiger partial charge is 0.497 e. The summed E-state index contributed by atoms with van der Waals surface area (Å²) < 4.78 is 34.1. The topological polar surface area (TPSA) is 96.0 Å². The first-order valence-electron chi connectivity index (χ1n) is 13.9. The number of nitrogens with zero attached hydrogens (tertiary/aromatic N) is 2. The zero-order valence-corrected chi connectivity index (χ0v) is 26.0. The van der Waals surface area contributed by atoms with E-state index in [9.17, 15) is 18.0 Å². The summed E-state index contributed by atoms with van der Waals surface area (Å²) in [5, 5.41) is 3.50. The first-order chi connectivity index (χ1) is 20.1. The Hall–Kier alpha value is -3.27. The Balaban J connectivity index is 1.72. The van der Waals surface area contributed by atoms with E-state index in [0.29, 0.717) is 12.2 Å². The number of anilines is 1. The molecule has 1 atom stereocenters. The van der Waals surface area contributed by atoms with Crippen molar-refractivity contribution >= 4 is 50.7 Å². The van der Waals surface area contributed by atoms with Gasteiger partial charge in [-0.25, -0.2) is 8.42 Å². The molecule has 0 unspecified atom stereocenters. The molecular formula is C31H35Cl2N3O5S. The molecule has 2 amide bonds. The third kappa shape index (κ3) is 7.56. The molecule has 1 N–H and O–H groups in total. The van der Waals surface area contributed by atoms with Gasteiger partial charge in [0.05, 0.1) is 27.7 Å². The van der Waals surface area contributed by atoms with Crippen LogP contribution in [0.2, 0.25) is 10.0 Å². The van der Waals surface area contributed by atoms with E-state index < -0.39 is 28.5 Å². The van der Waals surface area contributed by atoms with Crippen LogP contribution in [-0.2, 0) is 26.2 Å². The van der Waals surface area contributed by atoms with Gasteiger partial charge in [-0.15, -0.1) is 0 Å². The van der Waals surface area contributed by atoms with Crippen LogP contribution in [0.25, 0.3) is 0 Å². The highest BCUT2D eigenvalue weighted by molar-refractivity contribution is 7.92. The Morgan fingerprint density at radius 3 is 2.24 bits per heavy atom. The number of carbonyl (C=O) groups excluding carboxylic acids is 2. The molecule has 8 nitrogen and oxygen atoms in total. The molecule has 42 heavy (non-hydrogen) atoms. The van der Waals surface area contributed by atoms with E-state index in [-0.39, 0.29) is 39.1 Å². The van der Waals surface area contributed by atoms with E-state index >= 15 is 0 Å². The predicted octanol–water partition coefficient (Wildman–Crippen LogP) is 6.06. The number of sulfonamides is 1. The molecule has 224 valence electrons. The second-order valence-corrected chi connectivity index (χ2v) is 12.9. The van der Waals surface area contributed by atoms with Gasteiger partial charge in [-0.05, 0) is 67.3 Å². The second-order valence-electron chi connectivity index (χ2n) is 10.2. The summed E-state index contributed by atoms with van der Waals surface area (Å²) in [5.74, 6) is -0.134. The van der Waals surface area contributed by atoms with Crippen LogP contribution in [0.3, 0.4) is 0 Å². The van der Waals surface area contributed by atoms with Gasteiger partial charge in [0.2, 0.25) is 11.8 Å². The van der Waals surface area contributed by atoms with Gasteiger partial charge >= 0.3 is 0 Å². The number of benzene rings is 3. The van der Waals surface area contributed by atoms with Crippen LogP contribution < -0.4 is 14.4 Å². The fraction of sp³-hybridized carbons (Fsp3) is 0.355. The van der Waals surface area contributed by atoms with Crippen LogP contribution in [0.1, 0.15) is 44.6 Å². The minimum atomic E-state index is -4.20. The van der Waals surface area contributed by atoms with Crippen LogP contribution >= 0.6 is 23.2 Å². The Kier molecular flexibility index (Phi) is 10.8. The zero-order chi connectivity index (χ0) is 30.3. The summed E-state index contributed by atoms with van der Waals surface area (Å²) in [6, 6.07) is 18.7. The van der Waals surface area contributed by atoms with Crippen LogP contribution in [0, 0.1) is 0 Å². The summed E-state index contributed by atoms with van der Waals surface area (Å²) in [4.78, 5) is 29.2. The summed E-state index contributed by atoms with van der Waals surface area (Å²) in [6.07, 6.45) is 4.24. The van der Waals surface area contributed by atoms with Gasteiger partial charge in [0.15, 0.2) is 0 Å². The summed E-state index contributed by atoms with van der Waals surface area (Å²) in [6.45, 7) is 1.38. The molecule has 0 aromatic heterocycles. The minimum absolute atomic E-state index is 0.0107. The molecule has 1 aliphatic carbocycles. The average molecular weight is 633 g/mol. The van der Waals surface area contributed by atoms with Crippen LogP contribution in [-0.4, -0.2) is 50.9 Å². The van der Waals surface area contributed by atoms with Crippen LogP contribution in [0.15, 0.2) is 77.7 Å². The summed E-state index contributed by atoms with van der Waals surface area (Å²) in [7, 11) is -2.63. The SMILES string of the molecule is CC[C@H](C(=O)NC1CCCC1)N(Cc1ccc(OC)cc1)C(=O)CN(c1ccc(Cl)c(Cl)c1)S(=O)(=O)c1ccccc1. The molecule has 0 aliphatic heterocycles. The Morgan fingerprint density at radius 1 is 0.976 bits per heavy atom. The summed E-state index contributed by atoms with van der Waals surface area (Å²) >= 11 is 12.4. The quantitative estimate of drug-likeness (QED) is 0.262. The number of ether oxygens (including phenoxy) is 1. The fourth-order valence-corrected chi connectivity index (χ4v) is 6.82. The number of rotatable bonds is 12. The maximum atomic E-state index is 14.2. The Bertz CT molecular complexity index is 1480. The molecule has 4 rings (SSSR count). The van der Waals surface area contributed by atoms with Gasteiger partial charge in [0.1, 0.15) is 18.3 Å². The lowest BCUT2D eigenvalue weighted by atomic mass is 10.1. The van der Waals surface area contributed by atoms with Crippen molar-refractivity contribution in [3.05, 3.63) is 88.4 Å². The lowest BCUT2D eigenvalue weighted by molar-refractivity contribution is -0.140. The Morgan fingerprint density at radius 2 is 1.64 bits per heavy atom. The normalized spacial score (nSPS) is 14.3. The molecule has 11 heteroatoms. The van der Waals surface area contributed by atoms with E-state index in [2.05, 4.69) is 5.32 Å². The van der Waals surface area contributed by atoms with Crippen molar-refractivity contribution in [2.24, 2.45) is 0 Å². The van der Waals surface area contributed by atoms with E-state index in [4.69, 9.17) is 27.9 Å². The first kappa shape index (κ1) is 31.7. The highest BCUT2D eigenvalue weighted by atomic mass is 35.5. The number of halogens is 2. The molecule has 1 saturated carbocycles. The molecule has 1 aliphatic rings. The Labute approximate surface area is 257 Å². The monoisotopic (exact) mass is 631 g/mol. The number of carbonyl (C=O) groups is 2. The highest BCUT2D eigenvalue weighted by Crippen LogP contribution is 2.31. The molecule has 3 aromatic carbocycles. The average Bonchev–Trinajstić information content (AvgIpc) is 3.51. The molecule has 0 saturated heterocycles. The molecule has 0 radical (unpaired) electrons. The van der Waals surface area contributed by atoms with E-state index in [1.54, 1.807) is 37.4 Å². The standard InChI is InChI=1S/C31H35Cl2N3O5S/c1-3-29(31(38)34-23-9-7-8-10-23)35(20-22-13-16-25(41-2)17-14-22)30(37)21-36(24-15-18-27(32)28(33)19-24)42(39,40)26-11-5-4-6-12-26/h4-6,11-19,23,29H,3,7-10,20-21H2,1-2H3,(H,34,38)/t29-/m1/s1. The highest BCUT2D eigenvalue weighted by Gasteiger charge is 2.34. The lowest BCUT2D eigenvalue weighted by Gasteiger charge is -2.34. The van der Waals surface area contributed by atoms with E-state index in [0.717, 1.165) is 35.6 Å². The van der Waals surface area contributed by atoms with Gasteiger partial charge in [-0.1, -0.05) is 73.3 Å². The van der Waals surface area contributed by atoms with E-state index in [1.165, 1.54) is 35.2 Å². The molecular weight excluding hydrogens is 597 g/mol. The number of nitrogens with one attached hydrogen (secondary N) is 1. The molecule has 0 spiro atoms. The molecule has 0 bridgehead atoms. The molecule has 0 heterocycles. The van der Waals surface area contributed by atoms with Crippen molar-refractivity contribution in [1.29, 1.82) is 0 Å². The number of amides is 2. The van der Waals surface area contributed by atoms with Gasteiger partial charge in [-0.2, -0.15) is 0 Å². The third-order valence-corrected chi connectivity index (χ3v) is 9.93. The van der Waals surface area contributed by atoms with Crippen LogP contribution in [0.4, 0.5) is 5.69 Å². The maximum Gasteiger partial charge on any atom is 0.264 e. The van der Waals surface area contributed by atoms with Gasteiger partial charge in [0, 0.05) is 12.6 Å². The van der Waals surface area contributed by atoms with Crippen molar-refractivity contribution in [1.82, 2.24) is 10.2 Å². The van der Waals surface area contributed by atoms with Crippen LogP contribution in [0.5, 0.6) is 5.75 Å². The molecule has 1 fully saturated rings. The summed E-state index contributed by atoms with van der Waals surface area (Å²) in [5.41, 5.74) is 0.942. The molecule has 3 aromatic rings. The van der Waals surface area contributed by atoms with Gasteiger partial charge in [-0.3, -0.25) is 13.9 Å². The van der Waals surface area contributed by atoms with Crippen molar-refractivity contribution in [2.45, 2.75) is 62.6 Å². The van der Waals surface area contributed by atoms with Gasteiger partial charge < -0.3 is 15.0 Å². The number of hydrogen-bond donors (Lipinski definition) is 1. The number of hydrogen-bond acceptors (Lipinski definition) is 5. The second kappa shape index (κ2) is 14.3.